The molecule has 1 saturated carbocycles. The molecule has 0 aromatic carbocycles. The van der Waals surface area contributed by atoms with E-state index in [-0.39, 0.29) is 16.6 Å². The first-order valence-electron chi connectivity index (χ1n) is 11.1. The highest BCUT2D eigenvalue weighted by Gasteiger charge is 2.49. The van der Waals surface area contributed by atoms with Crippen molar-refractivity contribution in [2.24, 2.45) is 11.3 Å². The molecular formula is C23H46O4. The first-order valence-corrected chi connectivity index (χ1v) is 11.1. The molecule has 0 saturated heterocycles. The zero-order valence-electron chi connectivity index (χ0n) is 19.6. The van der Waals surface area contributed by atoms with E-state index in [0.29, 0.717) is 5.92 Å². The Balaban J connectivity index is 2.84. The normalized spacial score (nSPS) is 22.8. The molecule has 1 rings (SSSR count). The fraction of sp³-hybridized carbons (Fsp3) is 1.00. The summed E-state index contributed by atoms with van der Waals surface area (Å²) in [7, 11) is 0. The first kappa shape index (κ1) is 24.9. The van der Waals surface area contributed by atoms with Crippen LogP contribution in [-0.2, 0) is 19.6 Å². The molecule has 0 radical (unpaired) electrons. The lowest BCUT2D eigenvalue weighted by Gasteiger charge is -2.47. The average molecular weight is 387 g/mol. The predicted octanol–water partition coefficient (Wildman–Crippen LogP) is 7.36. The molecule has 0 aromatic heterocycles. The van der Waals surface area contributed by atoms with E-state index in [1.54, 1.807) is 0 Å². The van der Waals surface area contributed by atoms with E-state index in [2.05, 4.69) is 62.3 Å². The predicted molar refractivity (Wildman–Crippen MR) is 111 cm³/mol. The minimum atomic E-state index is -0.844. The Morgan fingerprint density at radius 2 is 1.30 bits per heavy atom. The monoisotopic (exact) mass is 386 g/mol. The molecule has 0 aromatic rings. The molecule has 1 unspecified atom stereocenters. The van der Waals surface area contributed by atoms with Crippen molar-refractivity contribution in [3.05, 3.63) is 0 Å². The molecule has 0 heterocycles. The SMILES string of the molecule is CCCCC(C)(C)OOC1(OOC(C)(C)CCCC)CCC(C)C(C)(C)C1. The van der Waals surface area contributed by atoms with Crippen molar-refractivity contribution in [2.75, 3.05) is 0 Å². The van der Waals surface area contributed by atoms with Crippen LogP contribution in [0.5, 0.6) is 0 Å². The Labute approximate surface area is 168 Å². The van der Waals surface area contributed by atoms with Gasteiger partial charge < -0.3 is 0 Å². The summed E-state index contributed by atoms with van der Waals surface area (Å²) in [6.45, 7) is 19.6. The van der Waals surface area contributed by atoms with Gasteiger partial charge in [0.1, 0.15) is 0 Å². The molecule has 1 fully saturated rings. The Kier molecular flexibility index (Phi) is 9.26. The maximum atomic E-state index is 6.07. The third kappa shape index (κ3) is 8.39. The zero-order valence-corrected chi connectivity index (χ0v) is 19.6. The summed E-state index contributed by atoms with van der Waals surface area (Å²) in [6.07, 6.45) is 9.02. The average Bonchev–Trinajstić information content (AvgIpc) is 2.58. The largest absolute Gasteiger partial charge is 0.234 e. The summed E-state index contributed by atoms with van der Waals surface area (Å²) in [4.78, 5) is 24.0. The highest BCUT2D eigenvalue weighted by Crippen LogP contribution is 2.48. The minimum Gasteiger partial charge on any atom is -0.228 e. The molecule has 0 bridgehead atoms. The van der Waals surface area contributed by atoms with Gasteiger partial charge >= 0.3 is 0 Å². The quantitative estimate of drug-likeness (QED) is 0.199. The molecule has 1 aliphatic carbocycles. The summed E-state index contributed by atoms with van der Waals surface area (Å²) >= 11 is 0. The van der Waals surface area contributed by atoms with Gasteiger partial charge in [0.15, 0.2) is 0 Å². The van der Waals surface area contributed by atoms with Crippen LogP contribution in [0, 0.1) is 11.3 Å². The van der Waals surface area contributed by atoms with Gasteiger partial charge in [0.25, 0.3) is 0 Å². The van der Waals surface area contributed by atoms with Crippen LogP contribution in [0.3, 0.4) is 0 Å². The third-order valence-corrected chi connectivity index (χ3v) is 6.12. The van der Waals surface area contributed by atoms with E-state index in [0.717, 1.165) is 57.8 Å². The van der Waals surface area contributed by atoms with Crippen molar-refractivity contribution < 1.29 is 19.6 Å². The van der Waals surface area contributed by atoms with Crippen molar-refractivity contribution in [3.63, 3.8) is 0 Å². The Morgan fingerprint density at radius 1 is 0.852 bits per heavy atom. The minimum absolute atomic E-state index is 0.103. The van der Waals surface area contributed by atoms with Crippen LogP contribution in [0.4, 0.5) is 0 Å². The molecule has 162 valence electrons. The molecule has 4 heteroatoms. The maximum absolute atomic E-state index is 6.07. The van der Waals surface area contributed by atoms with E-state index in [4.69, 9.17) is 19.6 Å². The molecule has 4 nitrogen and oxygen atoms in total. The summed E-state index contributed by atoms with van der Waals surface area (Å²) in [5.41, 5.74) is -0.569. The Morgan fingerprint density at radius 3 is 1.67 bits per heavy atom. The second-order valence-electron chi connectivity index (χ2n) is 10.6. The van der Waals surface area contributed by atoms with Gasteiger partial charge in [0.05, 0.1) is 11.2 Å². The summed E-state index contributed by atoms with van der Waals surface area (Å²) in [5, 5.41) is 0. The third-order valence-electron chi connectivity index (χ3n) is 6.12. The maximum Gasteiger partial charge on any atom is 0.234 e. The summed E-state index contributed by atoms with van der Waals surface area (Å²) < 4.78 is 0. The second-order valence-corrected chi connectivity index (χ2v) is 10.6. The van der Waals surface area contributed by atoms with Gasteiger partial charge in [-0.15, -0.1) is 0 Å². The van der Waals surface area contributed by atoms with Crippen molar-refractivity contribution >= 4 is 0 Å². The van der Waals surface area contributed by atoms with Crippen LogP contribution < -0.4 is 0 Å². The Bertz CT molecular complexity index is 404. The van der Waals surface area contributed by atoms with Gasteiger partial charge in [-0.25, -0.2) is 9.78 Å². The standard InChI is InChI=1S/C23H46O4/c1-10-12-15-21(6,7)24-26-23(17-14-19(3)20(4,5)18-23)27-25-22(8,9)16-13-11-2/h19H,10-18H2,1-9H3. The van der Waals surface area contributed by atoms with E-state index in [1.165, 1.54) is 0 Å². The van der Waals surface area contributed by atoms with Crippen molar-refractivity contribution in [1.29, 1.82) is 0 Å². The first-order chi connectivity index (χ1) is 12.4. The van der Waals surface area contributed by atoms with E-state index in [9.17, 15) is 0 Å². The highest BCUT2D eigenvalue weighted by molar-refractivity contribution is 4.89. The lowest BCUT2D eigenvalue weighted by Crippen LogP contribution is -2.49. The van der Waals surface area contributed by atoms with Gasteiger partial charge in [-0.1, -0.05) is 60.3 Å². The Hall–Kier alpha value is -0.160. The van der Waals surface area contributed by atoms with E-state index in [1.807, 2.05) is 0 Å². The number of unbranched alkanes of at least 4 members (excludes halogenated alkanes) is 2. The molecule has 0 amide bonds. The molecule has 27 heavy (non-hydrogen) atoms. The van der Waals surface area contributed by atoms with Crippen LogP contribution in [0.25, 0.3) is 0 Å². The highest BCUT2D eigenvalue weighted by atomic mass is 17.3. The summed E-state index contributed by atoms with van der Waals surface area (Å²) in [5.74, 6) is -0.234. The fourth-order valence-electron chi connectivity index (χ4n) is 3.61. The zero-order chi connectivity index (χ0) is 20.8. The van der Waals surface area contributed by atoms with Gasteiger partial charge in [-0.2, -0.15) is 9.78 Å². The topological polar surface area (TPSA) is 36.9 Å². The molecule has 0 N–H and O–H groups in total. The van der Waals surface area contributed by atoms with Gasteiger partial charge in [-0.05, 0) is 58.3 Å². The van der Waals surface area contributed by atoms with Crippen molar-refractivity contribution in [3.8, 4) is 0 Å². The van der Waals surface area contributed by atoms with Crippen molar-refractivity contribution in [2.45, 2.75) is 137 Å². The van der Waals surface area contributed by atoms with Gasteiger partial charge in [-0.3, -0.25) is 0 Å². The lowest BCUT2D eigenvalue weighted by molar-refractivity contribution is -0.553. The van der Waals surface area contributed by atoms with Crippen molar-refractivity contribution in [1.82, 2.24) is 0 Å². The summed E-state index contributed by atoms with van der Waals surface area (Å²) in [6, 6.07) is 0. The number of hydrogen-bond acceptors (Lipinski definition) is 4. The lowest BCUT2D eigenvalue weighted by atomic mass is 9.67. The fourth-order valence-corrected chi connectivity index (χ4v) is 3.61. The van der Waals surface area contributed by atoms with Gasteiger partial charge in [0, 0.05) is 12.8 Å². The van der Waals surface area contributed by atoms with Crippen LogP contribution in [0.1, 0.15) is 120 Å². The van der Waals surface area contributed by atoms with Crippen LogP contribution in [0.2, 0.25) is 0 Å². The number of hydrogen-bond donors (Lipinski definition) is 0. The van der Waals surface area contributed by atoms with E-state index >= 15 is 0 Å². The molecule has 0 spiro atoms. The molecule has 0 aliphatic heterocycles. The second kappa shape index (κ2) is 10.0. The van der Waals surface area contributed by atoms with Crippen LogP contribution in [-0.4, -0.2) is 17.0 Å². The van der Waals surface area contributed by atoms with Gasteiger partial charge in [0.2, 0.25) is 5.79 Å². The molecule has 1 atom stereocenters. The molecule has 1 aliphatic rings. The van der Waals surface area contributed by atoms with Crippen LogP contribution >= 0.6 is 0 Å². The van der Waals surface area contributed by atoms with Crippen LogP contribution in [0.15, 0.2) is 0 Å². The molecular weight excluding hydrogens is 340 g/mol. The number of rotatable bonds is 12. The van der Waals surface area contributed by atoms with E-state index < -0.39 is 5.79 Å². The smallest absolute Gasteiger partial charge is 0.228 e.